The van der Waals surface area contributed by atoms with Gasteiger partial charge in [-0.2, -0.15) is 0 Å². The Hall–Kier alpha value is -1.04. The fourth-order valence-electron chi connectivity index (χ4n) is 1.92. The second-order valence-corrected chi connectivity index (χ2v) is 4.34. The molecule has 0 saturated carbocycles. The summed E-state index contributed by atoms with van der Waals surface area (Å²) in [6.45, 7) is 6.67. The first-order valence-electron chi connectivity index (χ1n) is 4.73. The van der Waals surface area contributed by atoms with Crippen molar-refractivity contribution < 1.29 is 0 Å². The van der Waals surface area contributed by atoms with Crippen molar-refractivity contribution in [2.24, 2.45) is 5.41 Å². The van der Waals surface area contributed by atoms with Crippen LogP contribution in [0.5, 0.6) is 0 Å². The summed E-state index contributed by atoms with van der Waals surface area (Å²) in [5, 5.41) is 0. The van der Waals surface area contributed by atoms with Gasteiger partial charge in [-0.15, -0.1) is 0 Å². The molecule has 0 amide bonds. The zero-order chi connectivity index (χ0) is 9.47. The third kappa shape index (κ3) is 1.41. The minimum Gasteiger partial charge on any atom is -0.0745 e. The molecule has 2 aliphatic rings. The number of hydrogen-bond acceptors (Lipinski definition) is 0. The smallest absolute Gasteiger partial charge is 0.0158 e. The van der Waals surface area contributed by atoms with E-state index in [0.717, 1.165) is 0 Å². The van der Waals surface area contributed by atoms with E-state index in [0.29, 0.717) is 0 Å². The summed E-state index contributed by atoms with van der Waals surface area (Å²) >= 11 is 0. The van der Waals surface area contributed by atoms with Gasteiger partial charge in [0.25, 0.3) is 0 Å². The number of allylic oxidation sites excluding steroid dienone is 8. The van der Waals surface area contributed by atoms with E-state index < -0.39 is 0 Å². The van der Waals surface area contributed by atoms with Crippen molar-refractivity contribution in [3.05, 3.63) is 53.5 Å². The Balaban J connectivity index is 2.50. The highest BCUT2D eigenvalue weighted by Gasteiger charge is 2.25. The van der Waals surface area contributed by atoms with Crippen molar-refractivity contribution in [3.8, 4) is 0 Å². The molecule has 0 fully saturated rings. The Morgan fingerprint density at radius 1 is 1.15 bits per heavy atom. The van der Waals surface area contributed by atoms with E-state index in [9.17, 15) is 0 Å². The van der Waals surface area contributed by atoms with Gasteiger partial charge in [-0.1, -0.05) is 49.8 Å². The lowest BCUT2D eigenvalue weighted by molar-refractivity contribution is 0.595. The molecule has 0 heteroatoms. The minimum absolute atomic E-state index is 0.174. The summed E-state index contributed by atoms with van der Waals surface area (Å²) in [4.78, 5) is 0. The van der Waals surface area contributed by atoms with E-state index in [1.165, 1.54) is 16.7 Å². The van der Waals surface area contributed by atoms with Gasteiger partial charge < -0.3 is 0 Å². The first-order valence-corrected chi connectivity index (χ1v) is 4.73. The van der Waals surface area contributed by atoms with Crippen molar-refractivity contribution in [2.75, 3.05) is 0 Å². The summed E-state index contributed by atoms with van der Waals surface area (Å²) in [5.41, 5.74) is 4.34. The molecule has 0 atom stereocenters. The Bertz CT molecular complexity index is 346. The Kier molecular flexibility index (Phi) is 1.80. The van der Waals surface area contributed by atoms with Crippen LogP contribution < -0.4 is 0 Å². The van der Waals surface area contributed by atoms with Gasteiger partial charge in [0, 0.05) is 11.8 Å². The fourth-order valence-corrected chi connectivity index (χ4v) is 1.92. The van der Waals surface area contributed by atoms with E-state index in [1.807, 2.05) is 0 Å². The van der Waals surface area contributed by atoms with Crippen LogP contribution in [-0.4, -0.2) is 0 Å². The number of rotatable bonds is 0. The van der Waals surface area contributed by atoms with E-state index in [1.54, 1.807) is 0 Å². The van der Waals surface area contributed by atoms with Crippen molar-refractivity contribution in [2.45, 2.75) is 20.8 Å². The lowest BCUT2D eigenvalue weighted by Crippen LogP contribution is -2.09. The third-order valence-corrected chi connectivity index (χ3v) is 2.66. The molecule has 0 aliphatic heterocycles. The molecule has 0 heterocycles. The van der Waals surface area contributed by atoms with Crippen LogP contribution in [0.2, 0.25) is 0 Å². The van der Waals surface area contributed by atoms with Crippen molar-refractivity contribution in [3.63, 3.8) is 0 Å². The Morgan fingerprint density at radius 2 is 1.92 bits per heavy atom. The van der Waals surface area contributed by atoms with Gasteiger partial charge in [0.15, 0.2) is 0 Å². The molecular formula is C13H15. The molecule has 0 nitrogen and oxygen atoms in total. The van der Waals surface area contributed by atoms with Crippen molar-refractivity contribution >= 4 is 0 Å². The van der Waals surface area contributed by atoms with Crippen molar-refractivity contribution in [1.29, 1.82) is 0 Å². The fraction of sp³-hybridized carbons (Fsp3) is 0.308. The van der Waals surface area contributed by atoms with Gasteiger partial charge in [-0.05, 0) is 18.1 Å². The van der Waals surface area contributed by atoms with E-state index >= 15 is 0 Å². The molecule has 0 aromatic carbocycles. The molecule has 0 bridgehead atoms. The first kappa shape index (κ1) is 8.55. The summed E-state index contributed by atoms with van der Waals surface area (Å²) in [7, 11) is 0. The lowest BCUT2D eigenvalue weighted by atomic mass is 9.83. The van der Waals surface area contributed by atoms with Gasteiger partial charge >= 0.3 is 0 Å². The molecule has 0 spiro atoms. The maximum atomic E-state index is 2.29. The predicted octanol–water partition coefficient (Wildman–Crippen LogP) is 3.60. The predicted molar refractivity (Wildman–Crippen MR) is 57.1 cm³/mol. The normalized spacial score (nSPS) is 24.4. The molecule has 0 aromatic rings. The topological polar surface area (TPSA) is 0 Å². The lowest BCUT2D eigenvalue weighted by Gasteiger charge is -2.21. The maximum Gasteiger partial charge on any atom is 0.0158 e. The average molecular weight is 171 g/mol. The van der Waals surface area contributed by atoms with Crippen LogP contribution in [0, 0.1) is 11.8 Å². The highest BCUT2D eigenvalue weighted by Crippen LogP contribution is 2.39. The summed E-state index contributed by atoms with van der Waals surface area (Å²) in [6.07, 6.45) is 13.2. The van der Waals surface area contributed by atoms with Crippen molar-refractivity contribution in [1.82, 2.24) is 0 Å². The number of hydrogen-bond donors (Lipinski definition) is 0. The molecule has 67 valence electrons. The Morgan fingerprint density at radius 3 is 2.69 bits per heavy atom. The van der Waals surface area contributed by atoms with Gasteiger partial charge in [0.05, 0.1) is 0 Å². The highest BCUT2D eigenvalue weighted by atomic mass is 14.3. The quantitative estimate of drug-likeness (QED) is 0.522. The standard InChI is InChI=1S/C13H15/c1-10-8-11-6-4-5-7-13(2,3)12(11)9-10/h4-9H,1-3H3. The first-order chi connectivity index (χ1) is 6.09. The van der Waals surface area contributed by atoms with Crippen LogP contribution >= 0.6 is 0 Å². The van der Waals surface area contributed by atoms with Crippen LogP contribution in [0.4, 0.5) is 0 Å². The molecule has 13 heavy (non-hydrogen) atoms. The van der Waals surface area contributed by atoms with Crippen LogP contribution in [0.15, 0.2) is 47.1 Å². The van der Waals surface area contributed by atoms with E-state index in [2.05, 4.69) is 57.6 Å². The maximum absolute atomic E-state index is 2.29. The molecule has 2 rings (SSSR count). The summed E-state index contributed by atoms with van der Waals surface area (Å²) in [5.74, 6) is 0. The van der Waals surface area contributed by atoms with Gasteiger partial charge in [0.2, 0.25) is 0 Å². The second kappa shape index (κ2) is 2.73. The van der Waals surface area contributed by atoms with E-state index in [4.69, 9.17) is 0 Å². The van der Waals surface area contributed by atoms with Crippen LogP contribution in [0.3, 0.4) is 0 Å². The molecule has 0 saturated heterocycles. The van der Waals surface area contributed by atoms with Gasteiger partial charge in [-0.25, -0.2) is 0 Å². The minimum atomic E-state index is 0.174. The molecule has 0 aromatic heterocycles. The third-order valence-electron chi connectivity index (χ3n) is 2.66. The monoisotopic (exact) mass is 171 g/mol. The molecule has 0 unspecified atom stereocenters. The molecule has 0 N–H and O–H groups in total. The molecular weight excluding hydrogens is 156 g/mol. The highest BCUT2D eigenvalue weighted by molar-refractivity contribution is 5.57. The van der Waals surface area contributed by atoms with Crippen LogP contribution in [0.1, 0.15) is 20.8 Å². The molecule has 1 radical (unpaired) electrons. The average Bonchev–Trinajstić information content (AvgIpc) is 2.36. The van der Waals surface area contributed by atoms with Gasteiger partial charge in [-0.3, -0.25) is 0 Å². The Labute approximate surface area is 80.3 Å². The van der Waals surface area contributed by atoms with Gasteiger partial charge in [0.1, 0.15) is 0 Å². The SMILES string of the molecule is CC1=CC2=C([CH]1)C=CC=CC2(C)C. The van der Waals surface area contributed by atoms with Crippen LogP contribution in [0.25, 0.3) is 0 Å². The van der Waals surface area contributed by atoms with Crippen LogP contribution in [-0.2, 0) is 0 Å². The zero-order valence-corrected chi connectivity index (χ0v) is 8.46. The summed E-state index contributed by atoms with van der Waals surface area (Å²) in [6, 6.07) is 0. The second-order valence-electron chi connectivity index (χ2n) is 4.34. The zero-order valence-electron chi connectivity index (χ0n) is 8.46. The summed E-state index contributed by atoms with van der Waals surface area (Å²) < 4.78 is 0. The van der Waals surface area contributed by atoms with E-state index in [-0.39, 0.29) is 5.41 Å². The largest absolute Gasteiger partial charge is 0.0745 e. The molecule has 2 aliphatic carbocycles.